The lowest BCUT2D eigenvalue weighted by atomic mass is 9.87. The van der Waals surface area contributed by atoms with Crippen molar-refractivity contribution in [3.63, 3.8) is 0 Å². The van der Waals surface area contributed by atoms with E-state index in [4.69, 9.17) is 16.3 Å². The van der Waals surface area contributed by atoms with Gasteiger partial charge in [-0.1, -0.05) is 26.0 Å². The average Bonchev–Trinajstić information content (AvgIpc) is 2.25. The fourth-order valence-electron chi connectivity index (χ4n) is 2.00. The van der Waals surface area contributed by atoms with Crippen LogP contribution in [0.25, 0.3) is 0 Å². The van der Waals surface area contributed by atoms with Crippen molar-refractivity contribution < 1.29 is 4.74 Å². The van der Waals surface area contributed by atoms with Crippen molar-refractivity contribution in [3.05, 3.63) is 29.8 Å². The zero-order chi connectivity index (χ0) is 12.1. The van der Waals surface area contributed by atoms with Crippen LogP contribution in [0.5, 0.6) is 5.75 Å². The SMILES string of the molecule is COc1cccc(CC(C(C)C)C(C)Cl)c1. The molecule has 0 aromatic heterocycles. The van der Waals surface area contributed by atoms with Crippen LogP contribution in [0, 0.1) is 11.8 Å². The molecular weight excluding hydrogens is 220 g/mol. The molecule has 2 unspecified atom stereocenters. The number of alkyl halides is 1. The monoisotopic (exact) mass is 240 g/mol. The van der Waals surface area contributed by atoms with Gasteiger partial charge in [0.25, 0.3) is 0 Å². The Morgan fingerprint density at radius 1 is 1.25 bits per heavy atom. The number of ether oxygens (including phenoxy) is 1. The van der Waals surface area contributed by atoms with Gasteiger partial charge in [0.2, 0.25) is 0 Å². The van der Waals surface area contributed by atoms with Crippen molar-refractivity contribution in [3.8, 4) is 5.75 Å². The van der Waals surface area contributed by atoms with Crippen LogP contribution >= 0.6 is 11.6 Å². The van der Waals surface area contributed by atoms with Gasteiger partial charge in [-0.25, -0.2) is 0 Å². The summed E-state index contributed by atoms with van der Waals surface area (Å²) in [5, 5.41) is 0.200. The van der Waals surface area contributed by atoms with Gasteiger partial charge in [0.1, 0.15) is 5.75 Å². The highest BCUT2D eigenvalue weighted by Gasteiger charge is 2.19. The fourth-order valence-corrected chi connectivity index (χ4v) is 2.38. The van der Waals surface area contributed by atoms with Crippen LogP contribution in [0.4, 0.5) is 0 Å². The number of rotatable bonds is 5. The van der Waals surface area contributed by atoms with Crippen LogP contribution in [0.2, 0.25) is 0 Å². The molecule has 0 saturated heterocycles. The van der Waals surface area contributed by atoms with Crippen LogP contribution in [-0.4, -0.2) is 12.5 Å². The van der Waals surface area contributed by atoms with E-state index in [0.29, 0.717) is 11.8 Å². The van der Waals surface area contributed by atoms with E-state index in [1.807, 2.05) is 12.1 Å². The molecule has 0 aliphatic heterocycles. The third-order valence-electron chi connectivity index (χ3n) is 3.05. The number of methoxy groups -OCH3 is 1. The summed E-state index contributed by atoms with van der Waals surface area (Å²) < 4.78 is 5.22. The normalized spacial score (nSPS) is 14.9. The lowest BCUT2D eigenvalue weighted by Gasteiger charge is -2.23. The summed E-state index contributed by atoms with van der Waals surface area (Å²) >= 11 is 6.23. The summed E-state index contributed by atoms with van der Waals surface area (Å²) in [6, 6.07) is 8.23. The maximum atomic E-state index is 6.23. The molecule has 0 amide bonds. The summed E-state index contributed by atoms with van der Waals surface area (Å²) in [7, 11) is 1.70. The Hall–Kier alpha value is -0.690. The van der Waals surface area contributed by atoms with Gasteiger partial charge in [-0.05, 0) is 42.9 Å². The molecule has 0 N–H and O–H groups in total. The van der Waals surface area contributed by atoms with Crippen molar-refractivity contribution in [2.24, 2.45) is 11.8 Å². The Morgan fingerprint density at radius 3 is 2.44 bits per heavy atom. The molecule has 0 heterocycles. The molecule has 0 aliphatic carbocycles. The molecule has 16 heavy (non-hydrogen) atoms. The van der Waals surface area contributed by atoms with Gasteiger partial charge in [-0.3, -0.25) is 0 Å². The number of benzene rings is 1. The zero-order valence-corrected chi connectivity index (χ0v) is 11.3. The average molecular weight is 241 g/mol. The molecule has 0 bridgehead atoms. The summed E-state index contributed by atoms with van der Waals surface area (Å²) in [4.78, 5) is 0. The molecule has 0 fully saturated rings. The molecule has 1 nitrogen and oxygen atoms in total. The standard InChI is InChI=1S/C14H21ClO/c1-10(2)14(11(3)15)9-12-6-5-7-13(8-12)16-4/h5-8,10-11,14H,9H2,1-4H3. The van der Waals surface area contributed by atoms with Crippen molar-refractivity contribution in [2.45, 2.75) is 32.6 Å². The number of hydrogen-bond acceptors (Lipinski definition) is 1. The molecule has 1 aromatic rings. The number of halogens is 1. The Morgan fingerprint density at radius 2 is 1.94 bits per heavy atom. The topological polar surface area (TPSA) is 9.23 Å². The molecule has 1 rings (SSSR count). The van der Waals surface area contributed by atoms with Crippen LogP contribution < -0.4 is 4.74 Å². The maximum Gasteiger partial charge on any atom is 0.119 e. The zero-order valence-electron chi connectivity index (χ0n) is 10.5. The van der Waals surface area contributed by atoms with Crippen LogP contribution in [-0.2, 0) is 6.42 Å². The second-order valence-electron chi connectivity index (χ2n) is 4.64. The molecule has 0 aliphatic rings. The van der Waals surface area contributed by atoms with Crippen molar-refractivity contribution in [2.75, 3.05) is 7.11 Å². The lowest BCUT2D eigenvalue weighted by Crippen LogP contribution is -2.20. The highest BCUT2D eigenvalue weighted by Crippen LogP contribution is 2.25. The molecule has 1 aromatic carbocycles. The first kappa shape index (κ1) is 13.4. The Bertz CT molecular complexity index is 312. The predicted molar refractivity (Wildman–Crippen MR) is 70.3 cm³/mol. The van der Waals surface area contributed by atoms with E-state index in [9.17, 15) is 0 Å². The van der Waals surface area contributed by atoms with E-state index in [1.165, 1.54) is 5.56 Å². The second kappa shape index (κ2) is 6.15. The first-order valence-corrected chi connectivity index (χ1v) is 6.25. The Balaban J connectivity index is 2.77. The minimum absolute atomic E-state index is 0.200. The maximum absolute atomic E-state index is 6.23. The van der Waals surface area contributed by atoms with E-state index < -0.39 is 0 Å². The van der Waals surface area contributed by atoms with E-state index in [-0.39, 0.29) is 5.38 Å². The lowest BCUT2D eigenvalue weighted by molar-refractivity contribution is 0.374. The van der Waals surface area contributed by atoms with E-state index in [1.54, 1.807) is 7.11 Å². The van der Waals surface area contributed by atoms with Gasteiger partial charge in [-0.15, -0.1) is 11.6 Å². The molecule has 0 spiro atoms. The minimum atomic E-state index is 0.200. The predicted octanol–water partition coefficient (Wildman–Crippen LogP) is 4.14. The van der Waals surface area contributed by atoms with Gasteiger partial charge in [0.15, 0.2) is 0 Å². The van der Waals surface area contributed by atoms with E-state index in [2.05, 4.69) is 32.9 Å². The van der Waals surface area contributed by atoms with Crippen LogP contribution in [0.3, 0.4) is 0 Å². The third-order valence-corrected chi connectivity index (χ3v) is 3.38. The van der Waals surface area contributed by atoms with Crippen molar-refractivity contribution >= 4 is 11.6 Å². The van der Waals surface area contributed by atoms with Crippen molar-refractivity contribution in [1.29, 1.82) is 0 Å². The Kier molecular flexibility index (Phi) is 5.14. The second-order valence-corrected chi connectivity index (χ2v) is 5.33. The fraction of sp³-hybridized carbons (Fsp3) is 0.571. The molecule has 2 heteroatoms. The molecule has 0 saturated carbocycles. The molecule has 90 valence electrons. The van der Waals surface area contributed by atoms with E-state index >= 15 is 0 Å². The highest BCUT2D eigenvalue weighted by atomic mass is 35.5. The van der Waals surface area contributed by atoms with Gasteiger partial charge in [0.05, 0.1) is 7.11 Å². The third kappa shape index (κ3) is 3.71. The summed E-state index contributed by atoms with van der Waals surface area (Å²) in [6.07, 6.45) is 1.01. The number of hydrogen-bond donors (Lipinski definition) is 0. The van der Waals surface area contributed by atoms with Crippen molar-refractivity contribution in [1.82, 2.24) is 0 Å². The minimum Gasteiger partial charge on any atom is -0.497 e. The summed E-state index contributed by atoms with van der Waals surface area (Å²) in [5.74, 6) is 2.02. The van der Waals surface area contributed by atoms with Gasteiger partial charge in [0, 0.05) is 5.38 Å². The van der Waals surface area contributed by atoms with Gasteiger partial charge < -0.3 is 4.74 Å². The summed E-state index contributed by atoms with van der Waals surface area (Å²) in [5.41, 5.74) is 1.30. The van der Waals surface area contributed by atoms with Gasteiger partial charge in [-0.2, -0.15) is 0 Å². The van der Waals surface area contributed by atoms with Gasteiger partial charge >= 0.3 is 0 Å². The largest absolute Gasteiger partial charge is 0.497 e. The van der Waals surface area contributed by atoms with E-state index in [0.717, 1.165) is 12.2 Å². The first-order chi connectivity index (χ1) is 7.54. The highest BCUT2D eigenvalue weighted by molar-refractivity contribution is 6.20. The molecule has 2 atom stereocenters. The quantitative estimate of drug-likeness (QED) is 0.703. The first-order valence-electron chi connectivity index (χ1n) is 5.81. The molecule has 0 radical (unpaired) electrons. The van der Waals surface area contributed by atoms with Crippen LogP contribution in [0.15, 0.2) is 24.3 Å². The molecular formula is C14H21ClO. The smallest absolute Gasteiger partial charge is 0.119 e. The summed E-state index contributed by atoms with van der Waals surface area (Å²) in [6.45, 7) is 6.53. The Labute approximate surface area is 104 Å². The van der Waals surface area contributed by atoms with Crippen LogP contribution in [0.1, 0.15) is 26.3 Å².